The van der Waals surface area contributed by atoms with Crippen LogP contribution in [0, 0.1) is 0 Å². The Labute approximate surface area is 80.2 Å². The number of nitrogens with one attached hydrogen (secondary N) is 1. The zero-order chi connectivity index (χ0) is 9.94. The maximum absolute atomic E-state index is 8.89. The quantitative estimate of drug-likeness (QED) is 0.504. The first-order chi connectivity index (χ1) is 6.35. The fraction of sp³-hybridized carbons (Fsp3) is 1.00. The van der Waals surface area contributed by atoms with Gasteiger partial charge in [-0.15, -0.1) is 0 Å². The first-order valence-electron chi connectivity index (χ1n) is 4.84. The molecule has 0 heterocycles. The van der Waals surface area contributed by atoms with Crippen molar-refractivity contribution in [3.8, 4) is 0 Å². The number of hydrogen-bond acceptors (Lipinski definition) is 4. The van der Waals surface area contributed by atoms with Crippen LogP contribution in [0.1, 0.15) is 13.8 Å². The lowest BCUT2D eigenvalue weighted by molar-refractivity contribution is 0.0358. The monoisotopic (exact) mass is 191 g/mol. The third kappa shape index (κ3) is 8.18. The molecule has 0 aliphatic carbocycles. The van der Waals surface area contributed by atoms with Gasteiger partial charge in [-0.3, -0.25) is 0 Å². The molecule has 0 bridgehead atoms. The molecule has 13 heavy (non-hydrogen) atoms. The van der Waals surface area contributed by atoms with Crippen molar-refractivity contribution < 1.29 is 14.6 Å². The standard InChI is InChI=1S/C9H21NO3/c1-3-10-9(7-11)8-13-6-5-12-4-2/h9-11H,3-8H2,1-2H3. The van der Waals surface area contributed by atoms with Gasteiger partial charge in [0.2, 0.25) is 0 Å². The van der Waals surface area contributed by atoms with E-state index in [-0.39, 0.29) is 12.6 Å². The maximum Gasteiger partial charge on any atom is 0.0701 e. The summed E-state index contributed by atoms with van der Waals surface area (Å²) in [4.78, 5) is 0. The molecule has 0 aromatic heterocycles. The average Bonchev–Trinajstić information content (AvgIpc) is 2.16. The normalized spacial score (nSPS) is 13.2. The number of aliphatic hydroxyl groups excluding tert-OH is 1. The lowest BCUT2D eigenvalue weighted by Gasteiger charge is -2.14. The first kappa shape index (κ1) is 12.8. The largest absolute Gasteiger partial charge is 0.395 e. The Morgan fingerprint density at radius 2 is 1.92 bits per heavy atom. The Kier molecular flexibility index (Phi) is 9.80. The van der Waals surface area contributed by atoms with E-state index >= 15 is 0 Å². The van der Waals surface area contributed by atoms with Gasteiger partial charge in [0, 0.05) is 6.61 Å². The van der Waals surface area contributed by atoms with Crippen molar-refractivity contribution in [2.75, 3.05) is 39.6 Å². The Morgan fingerprint density at radius 3 is 2.46 bits per heavy atom. The second-order valence-electron chi connectivity index (χ2n) is 2.71. The average molecular weight is 191 g/mol. The zero-order valence-electron chi connectivity index (χ0n) is 8.58. The van der Waals surface area contributed by atoms with Crippen LogP contribution in [-0.4, -0.2) is 50.7 Å². The van der Waals surface area contributed by atoms with Crippen LogP contribution in [0.3, 0.4) is 0 Å². The van der Waals surface area contributed by atoms with Gasteiger partial charge in [-0.25, -0.2) is 0 Å². The molecule has 2 N–H and O–H groups in total. The smallest absolute Gasteiger partial charge is 0.0701 e. The van der Waals surface area contributed by atoms with E-state index in [1.165, 1.54) is 0 Å². The van der Waals surface area contributed by atoms with Gasteiger partial charge >= 0.3 is 0 Å². The minimum Gasteiger partial charge on any atom is -0.395 e. The van der Waals surface area contributed by atoms with Gasteiger partial charge < -0.3 is 19.9 Å². The van der Waals surface area contributed by atoms with Crippen molar-refractivity contribution in [1.29, 1.82) is 0 Å². The summed E-state index contributed by atoms with van der Waals surface area (Å²) in [7, 11) is 0. The molecular weight excluding hydrogens is 170 g/mol. The van der Waals surface area contributed by atoms with Crippen molar-refractivity contribution in [3.05, 3.63) is 0 Å². The van der Waals surface area contributed by atoms with Crippen LogP contribution in [0.4, 0.5) is 0 Å². The molecule has 0 rings (SSSR count). The molecule has 0 aliphatic heterocycles. The summed E-state index contributed by atoms with van der Waals surface area (Å²) in [5.74, 6) is 0. The minimum atomic E-state index is 0.0478. The summed E-state index contributed by atoms with van der Waals surface area (Å²) in [5.41, 5.74) is 0. The second kappa shape index (κ2) is 9.92. The van der Waals surface area contributed by atoms with Gasteiger partial charge in [-0.05, 0) is 13.5 Å². The molecule has 0 aliphatic rings. The molecule has 1 unspecified atom stereocenters. The van der Waals surface area contributed by atoms with E-state index in [1.807, 2.05) is 13.8 Å². The van der Waals surface area contributed by atoms with Gasteiger partial charge in [-0.1, -0.05) is 6.92 Å². The summed E-state index contributed by atoms with van der Waals surface area (Å²) < 4.78 is 10.4. The number of rotatable bonds is 9. The Balaban J connectivity index is 3.17. The Bertz CT molecular complexity index is 101. The van der Waals surface area contributed by atoms with E-state index < -0.39 is 0 Å². The van der Waals surface area contributed by atoms with E-state index in [0.717, 1.165) is 13.2 Å². The van der Waals surface area contributed by atoms with Crippen molar-refractivity contribution in [1.82, 2.24) is 5.32 Å². The Morgan fingerprint density at radius 1 is 1.23 bits per heavy atom. The molecule has 0 aromatic rings. The highest BCUT2D eigenvalue weighted by atomic mass is 16.5. The van der Waals surface area contributed by atoms with E-state index in [2.05, 4.69) is 5.32 Å². The second-order valence-corrected chi connectivity index (χ2v) is 2.71. The number of ether oxygens (including phenoxy) is 2. The number of likely N-dealkylation sites (N-methyl/N-ethyl adjacent to an activating group) is 1. The molecule has 0 saturated heterocycles. The van der Waals surface area contributed by atoms with Gasteiger partial charge in [0.1, 0.15) is 0 Å². The number of aliphatic hydroxyl groups is 1. The third-order valence-electron chi connectivity index (χ3n) is 1.61. The highest BCUT2D eigenvalue weighted by molar-refractivity contribution is 4.62. The molecule has 0 saturated carbocycles. The van der Waals surface area contributed by atoms with Crippen molar-refractivity contribution in [2.45, 2.75) is 19.9 Å². The fourth-order valence-corrected chi connectivity index (χ4v) is 0.953. The molecule has 4 nitrogen and oxygen atoms in total. The summed E-state index contributed by atoms with van der Waals surface area (Å²) in [6.45, 7) is 7.40. The molecule has 0 spiro atoms. The maximum atomic E-state index is 8.89. The summed E-state index contributed by atoms with van der Waals surface area (Å²) in [5, 5.41) is 12.0. The summed E-state index contributed by atoms with van der Waals surface area (Å²) >= 11 is 0. The summed E-state index contributed by atoms with van der Waals surface area (Å²) in [6, 6.07) is 0.0478. The van der Waals surface area contributed by atoms with Crippen molar-refractivity contribution in [3.63, 3.8) is 0 Å². The highest BCUT2D eigenvalue weighted by Crippen LogP contribution is 1.85. The fourth-order valence-electron chi connectivity index (χ4n) is 0.953. The van der Waals surface area contributed by atoms with Crippen LogP contribution in [0.2, 0.25) is 0 Å². The Hall–Kier alpha value is -0.160. The molecule has 0 fully saturated rings. The molecule has 1 atom stereocenters. The lowest BCUT2D eigenvalue weighted by atomic mass is 10.3. The van der Waals surface area contributed by atoms with Crippen LogP contribution in [-0.2, 0) is 9.47 Å². The van der Waals surface area contributed by atoms with Crippen LogP contribution in [0.25, 0.3) is 0 Å². The van der Waals surface area contributed by atoms with Crippen LogP contribution >= 0.6 is 0 Å². The van der Waals surface area contributed by atoms with Crippen LogP contribution in [0.5, 0.6) is 0 Å². The van der Waals surface area contributed by atoms with Gasteiger partial charge in [0.15, 0.2) is 0 Å². The predicted octanol–water partition coefficient (Wildman–Crippen LogP) is 0.00990. The van der Waals surface area contributed by atoms with E-state index in [1.54, 1.807) is 0 Å². The summed E-state index contributed by atoms with van der Waals surface area (Å²) in [6.07, 6.45) is 0. The molecule has 80 valence electrons. The predicted molar refractivity (Wildman–Crippen MR) is 51.9 cm³/mol. The van der Waals surface area contributed by atoms with Gasteiger partial charge in [0.05, 0.1) is 32.5 Å². The SMILES string of the molecule is CCNC(CO)COCCOCC. The lowest BCUT2D eigenvalue weighted by Crippen LogP contribution is -2.36. The van der Waals surface area contributed by atoms with Gasteiger partial charge in [0.25, 0.3) is 0 Å². The molecule has 0 aromatic carbocycles. The minimum absolute atomic E-state index is 0.0478. The van der Waals surface area contributed by atoms with E-state index in [4.69, 9.17) is 14.6 Å². The first-order valence-corrected chi connectivity index (χ1v) is 4.84. The van der Waals surface area contributed by atoms with Crippen LogP contribution < -0.4 is 5.32 Å². The molecular formula is C9H21NO3. The van der Waals surface area contributed by atoms with E-state index in [9.17, 15) is 0 Å². The van der Waals surface area contributed by atoms with E-state index in [0.29, 0.717) is 19.8 Å². The van der Waals surface area contributed by atoms with Crippen molar-refractivity contribution >= 4 is 0 Å². The molecule has 0 amide bonds. The van der Waals surface area contributed by atoms with Crippen LogP contribution in [0.15, 0.2) is 0 Å². The van der Waals surface area contributed by atoms with Crippen molar-refractivity contribution in [2.24, 2.45) is 0 Å². The zero-order valence-corrected chi connectivity index (χ0v) is 8.58. The molecule has 4 heteroatoms. The highest BCUT2D eigenvalue weighted by Gasteiger charge is 2.04. The number of hydrogen-bond donors (Lipinski definition) is 2. The topological polar surface area (TPSA) is 50.7 Å². The third-order valence-corrected chi connectivity index (χ3v) is 1.61. The van der Waals surface area contributed by atoms with Gasteiger partial charge in [-0.2, -0.15) is 0 Å². The molecule has 0 radical (unpaired) electrons.